The zero-order valence-corrected chi connectivity index (χ0v) is 9.86. The molecule has 1 aromatic rings. The summed E-state index contributed by atoms with van der Waals surface area (Å²) in [5, 5.41) is 12.7. The number of aliphatic carboxylic acids is 1. The minimum absolute atomic E-state index is 0.439. The topological polar surface area (TPSA) is 49.3 Å². The molecule has 1 rings (SSSR count). The molecule has 15 heavy (non-hydrogen) atoms. The monoisotopic (exact) mass is 247 g/mol. The molecule has 0 fully saturated rings. The van der Waals surface area contributed by atoms with Crippen LogP contribution in [-0.2, 0) is 4.79 Å². The van der Waals surface area contributed by atoms with E-state index in [1.54, 1.807) is 32.0 Å². The molecule has 0 aliphatic rings. The lowest BCUT2D eigenvalue weighted by atomic mass is 10.1. The van der Waals surface area contributed by atoms with Crippen LogP contribution in [0.4, 0.5) is 5.69 Å². The number of hydrogen-bond acceptors (Lipinski definition) is 2. The zero-order valence-electron chi connectivity index (χ0n) is 8.34. The zero-order chi connectivity index (χ0) is 11.6. The van der Waals surface area contributed by atoms with E-state index in [0.717, 1.165) is 0 Å². The standard InChI is InChI=1S/C10H11Cl2NO2/c1-10(2,9(14)15)13-8-5-6(11)3-4-7(8)12/h3-5,13H,1-2H3,(H,14,15). The van der Waals surface area contributed by atoms with Crippen LogP contribution in [0, 0.1) is 0 Å². The molecule has 0 amide bonds. The van der Waals surface area contributed by atoms with Crippen LogP contribution < -0.4 is 5.32 Å². The van der Waals surface area contributed by atoms with Gasteiger partial charge in [-0.2, -0.15) is 0 Å². The second-order valence-corrected chi connectivity index (χ2v) is 4.52. The van der Waals surface area contributed by atoms with Gasteiger partial charge in [-0.15, -0.1) is 0 Å². The van der Waals surface area contributed by atoms with Gasteiger partial charge in [0.25, 0.3) is 0 Å². The molecule has 82 valence electrons. The van der Waals surface area contributed by atoms with Crippen LogP contribution >= 0.6 is 23.2 Å². The summed E-state index contributed by atoms with van der Waals surface area (Å²) in [6.45, 7) is 3.10. The Morgan fingerprint density at radius 2 is 2.00 bits per heavy atom. The van der Waals surface area contributed by atoms with Gasteiger partial charge in [0.15, 0.2) is 0 Å². The predicted molar refractivity (Wildman–Crippen MR) is 61.8 cm³/mol. The normalized spacial score (nSPS) is 11.2. The summed E-state index contributed by atoms with van der Waals surface area (Å²) in [6.07, 6.45) is 0. The molecule has 0 radical (unpaired) electrons. The van der Waals surface area contributed by atoms with Crippen molar-refractivity contribution in [2.24, 2.45) is 0 Å². The lowest BCUT2D eigenvalue weighted by Crippen LogP contribution is -2.40. The first kappa shape index (κ1) is 12.1. The molecule has 1 aromatic carbocycles. The summed E-state index contributed by atoms with van der Waals surface area (Å²) in [6, 6.07) is 4.85. The summed E-state index contributed by atoms with van der Waals surface area (Å²) in [5.41, 5.74) is -0.578. The maximum absolute atomic E-state index is 10.9. The molecular weight excluding hydrogens is 237 g/mol. The van der Waals surface area contributed by atoms with Crippen LogP contribution in [0.5, 0.6) is 0 Å². The van der Waals surface area contributed by atoms with E-state index in [-0.39, 0.29) is 0 Å². The maximum atomic E-state index is 10.9. The largest absolute Gasteiger partial charge is 0.480 e. The Bertz CT molecular complexity index is 391. The summed E-state index contributed by atoms with van der Waals surface area (Å²) in [4.78, 5) is 10.9. The minimum Gasteiger partial charge on any atom is -0.480 e. The first-order valence-electron chi connectivity index (χ1n) is 4.29. The highest BCUT2D eigenvalue weighted by Gasteiger charge is 2.27. The van der Waals surface area contributed by atoms with Crippen LogP contribution in [0.15, 0.2) is 18.2 Å². The highest BCUT2D eigenvalue weighted by molar-refractivity contribution is 6.35. The van der Waals surface area contributed by atoms with Crippen molar-refractivity contribution >= 4 is 34.9 Å². The Labute approximate surface area is 98.0 Å². The van der Waals surface area contributed by atoms with Crippen LogP contribution in [0.3, 0.4) is 0 Å². The van der Waals surface area contributed by atoms with E-state index >= 15 is 0 Å². The minimum atomic E-state index is -1.09. The fraction of sp³-hybridized carbons (Fsp3) is 0.300. The number of carbonyl (C=O) groups is 1. The van der Waals surface area contributed by atoms with Gasteiger partial charge in [0.05, 0.1) is 10.7 Å². The van der Waals surface area contributed by atoms with Crippen molar-refractivity contribution < 1.29 is 9.90 Å². The summed E-state index contributed by atoms with van der Waals surface area (Å²) >= 11 is 11.7. The number of carboxylic acids is 1. The van der Waals surface area contributed by atoms with Gasteiger partial charge in [0, 0.05) is 5.02 Å². The molecule has 0 saturated heterocycles. The molecule has 0 aromatic heterocycles. The van der Waals surface area contributed by atoms with Gasteiger partial charge < -0.3 is 10.4 Å². The van der Waals surface area contributed by atoms with Crippen LogP contribution in [0.2, 0.25) is 10.0 Å². The number of nitrogens with one attached hydrogen (secondary N) is 1. The van der Waals surface area contributed by atoms with Crippen molar-refractivity contribution in [2.45, 2.75) is 19.4 Å². The van der Waals surface area contributed by atoms with Crippen molar-refractivity contribution in [3.05, 3.63) is 28.2 Å². The Kier molecular flexibility index (Phi) is 3.47. The van der Waals surface area contributed by atoms with E-state index in [1.165, 1.54) is 0 Å². The van der Waals surface area contributed by atoms with E-state index in [1.807, 2.05) is 0 Å². The molecular formula is C10H11Cl2NO2. The van der Waals surface area contributed by atoms with Crippen LogP contribution in [0.25, 0.3) is 0 Å². The molecule has 0 spiro atoms. The quantitative estimate of drug-likeness (QED) is 0.862. The van der Waals surface area contributed by atoms with Gasteiger partial charge >= 0.3 is 5.97 Å². The summed E-state index contributed by atoms with van der Waals surface area (Å²) in [7, 11) is 0. The molecule has 3 nitrogen and oxygen atoms in total. The van der Waals surface area contributed by atoms with E-state index in [9.17, 15) is 4.79 Å². The SMILES string of the molecule is CC(C)(Nc1cc(Cl)ccc1Cl)C(=O)O. The van der Waals surface area contributed by atoms with Crippen LogP contribution in [-0.4, -0.2) is 16.6 Å². The Morgan fingerprint density at radius 1 is 1.40 bits per heavy atom. The fourth-order valence-corrected chi connectivity index (χ4v) is 1.32. The third kappa shape index (κ3) is 3.01. The Morgan fingerprint density at radius 3 is 2.53 bits per heavy atom. The van der Waals surface area contributed by atoms with Crippen molar-refractivity contribution in [3.8, 4) is 0 Å². The van der Waals surface area contributed by atoms with Gasteiger partial charge in [-0.3, -0.25) is 0 Å². The Hall–Kier alpha value is -0.930. The molecule has 0 aliphatic heterocycles. The Balaban J connectivity index is 2.99. The van der Waals surface area contributed by atoms with Gasteiger partial charge in [-0.05, 0) is 32.0 Å². The second-order valence-electron chi connectivity index (χ2n) is 3.68. The lowest BCUT2D eigenvalue weighted by molar-refractivity contribution is -0.141. The van der Waals surface area contributed by atoms with Gasteiger partial charge in [0.1, 0.15) is 5.54 Å². The second kappa shape index (κ2) is 4.29. The number of hydrogen-bond donors (Lipinski definition) is 2. The first-order valence-corrected chi connectivity index (χ1v) is 5.05. The van der Waals surface area contributed by atoms with E-state index in [4.69, 9.17) is 28.3 Å². The fourth-order valence-electron chi connectivity index (χ4n) is 0.983. The lowest BCUT2D eigenvalue weighted by Gasteiger charge is -2.23. The van der Waals surface area contributed by atoms with E-state index < -0.39 is 11.5 Å². The van der Waals surface area contributed by atoms with Crippen molar-refractivity contribution in [1.29, 1.82) is 0 Å². The third-order valence-electron chi connectivity index (χ3n) is 1.91. The molecule has 5 heteroatoms. The van der Waals surface area contributed by atoms with Gasteiger partial charge in [-0.1, -0.05) is 23.2 Å². The number of benzene rings is 1. The first-order chi connectivity index (χ1) is 6.83. The molecule has 0 unspecified atom stereocenters. The number of halogens is 2. The van der Waals surface area contributed by atoms with Gasteiger partial charge in [-0.25, -0.2) is 4.79 Å². The summed E-state index contributed by atoms with van der Waals surface area (Å²) in [5.74, 6) is -0.960. The van der Waals surface area contributed by atoms with E-state index in [2.05, 4.69) is 5.32 Å². The van der Waals surface area contributed by atoms with Crippen LogP contribution in [0.1, 0.15) is 13.8 Å². The average molecular weight is 248 g/mol. The predicted octanol–water partition coefficient (Wildman–Crippen LogP) is 3.27. The third-order valence-corrected chi connectivity index (χ3v) is 2.47. The highest BCUT2D eigenvalue weighted by atomic mass is 35.5. The average Bonchev–Trinajstić information content (AvgIpc) is 2.10. The summed E-state index contributed by atoms with van der Waals surface area (Å²) < 4.78 is 0. The smallest absolute Gasteiger partial charge is 0.328 e. The molecule has 0 bridgehead atoms. The number of rotatable bonds is 3. The van der Waals surface area contributed by atoms with Crippen molar-refractivity contribution in [3.63, 3.8) is 0 Å². The molecule has 0 saturated carbocycles. The van der Waals surface area contributed by atoms with Crippen molar-refractivity contribution in [1.82, 2.24) is 0 Å². The number of anilines is 1. The highest BCUT2D eigenvalue weighted by Crippen LogP contribution is 2.27. The molecule has 0 aliphatic carbocycles. The van der Waals surface area contributed by atoms with E-state index in [0.29, 0.717) is 15.7 Å². The maximum Gasteiger partial charge on any atom is 0.328 e. The number of carboxylic acid groups (broad SMARTS) is 1. The molecule has 0 atom stereocenters. The molecule has 2 N–H and O–H groups in total. The van der Waals surface area contributed by atoms with Gasteiger partial charge in [0.2, 0.25) is 0 Å². The molecule has 0 heterocycles. The van der Waals surface area contributed by atoms with Crippen molar-refractivity contribution in [2.75, 3.05) is 5.32 Å².